The molecule has 7 heteroatoms. The van der Waals surface area contributed by atoms with Gasteiger partial charge in [-0.1, -0.05) is 11.6 Å². The predicted octanol–water partition coefficient (Wildman–Crippen LogP) is 1.61. The van der Waals surface area contributed by atoms with E-state index in [0.717, 1.165) is 6.07 Å². The summed E-state index contributed by atoms with van der Waals surface area (Å²) in [6.07, 6.45) is 0. The summed E-state index contributed by atoms with van der Waals surface area (Å²) in [6.45, 7) is -0.295. The number of nitrogens with one attached hydrogen (secondary N) is 1. The van der Waals surface area contributed by atoms with Gasteiger partial charge in [0.2, 0.25) is 0 Å². The van der Waals surface area contributed by atoms with Crippen LogP contribution in [0.4, 0.5) is 4.39 Å². The molecule has 0 aromatic heterocycles. The molecule has 82 valence electrons. The fraction of sp³-hybridized carbons (Fsp3) is 0.125. The molecule has 0 aliphatic carbocycles. The SMILES string of the molecule is NNC(=O)COc1cc(F)c(Cl)cc1Br. The van der Waals surface area contributed by atoms with Crippen LogP contribution in [0.5, 0.6) is 5.75 Å². The van der Waals surface area contributed by atoms with Crippen LogP contribution in [0.2, 0.25) is 5.02 Å². The molecule has 0 fully saturated rings. The summed E-state index contributed by atoms with van der Waals surface area (Å²) in [7, 11) is 0. The van der Waals surface area contributed by atoms with Crippen molar-refractivity contribution in [2.24, 2.45) is 5.84 Å². The predicted molar refractivity (Wildman–Crippen MR) is 56.9 cm³/mol. The number of amides is 1. The summed E-state index contributed by atoms with van der Waals surface area (Å²) >= 11 is 8.63. The number of hydrazine groups is 1. The Morgan fingerprint density at radius 2 is 2.33 bits per heavy atom. The third-order valence-corrected chi connectivity index (χ3v) is 2.40. The molecule has 1 aromatic rings. The smallest absolute Gasteiger partial charge is 0.271 e. The molecule has 15 heavy (non-hydrogen) atoms. The van der Waals surface area contributed by atoms with E-state index in [1.807, 2.05) is 5.43 Å². The van der Waals surface area contributed by atoms with Crippen LogP contribution < -0.4 is 16.0 Å². The zero-order valence-electron chi connectivity index (χ0n) is 7.39. The van der Waals surface area contributed by atoms with E-state index in [2.05, 4.69) is 15.9 Å². The molecule has 1 rings (SSSR count). The molecule has 0 aliphatic heterocycles. The number of hydrogen-bond donors (Lipinski definition) is 2. The van der Waals surface area contributed by atoms with Gasteiger partial charge in [-0.3, -0.25) is 10.2 Å². The lowest BCUT2D eigenvalue weighted by atomic mass is 10.3. The van der Waals surface area contributed by atoms with E-state index in [1.54, 1.807) is 0 Å². The lowest BCUT2D eigenvalue weighted by Crippen LogP contribution is -2.34. The van der Waals surface area contributed by atoms with Crippen LogP contribution in [0.1, 0.15) is 0 Å². The minimum atomic E-state index is -0.622. The Labute approximate surface area is 98.6 Å². The van der Waals surface area contributed by atoms with Gasteiger partial charge in [0, 0.05) is 6.07 Å². The molecule has 0 unspecified atom stereocenters. The molecule has 1 aromatic carbocycles. The third-order valence-electron chi connectivity index (χ3n) is 1.49. The summed E-state index contributed by atoms with van der Waals surface area (Å²) in [5.74, 6) is 3.88. The Hall–Kier alpha value is -0.850. The van der Waals surface area contributed by atoms with Crippen molar-refractivity contribution in [1.29, 1.82) is 0 Å². The van der Waals surface area contributed by atoms with E-state index >= 15 is 0 Å². The van der Waals surface area contributed by atoms with Crippen molar-refractivity contribution < 1.29 is 13.9 Å². The van der Waals surface area contributed by atoms with E-state index in [4.69, 9.17) is 22.2 Å². The molecule has 0 saturated carbocycles. The van der Waals surface area contributed by atoms with Crippen molar-refractivity contribution in [2.75, 3.05) is 6.61 Å². The highest BCUT2D eigenvalue weighted by atomic mass is 79.9. The van der Waals surface area contributed by atoms with E-state index in [0.29, 0.717) is 4.47 Å². The highest BCUT2D eigenvalue weighted by Gasteiger charge is 2.09. The van der Waals surface area contributed by atoms with Crippen molar-refractivity contribution >= 4 is 33.4 Å². The van der Waals surface area contributed by atoms with Gasteiger partial charge >= 0.3 is 0 Å². The molecule has 1 amide bonds. The largest absolute Gasteiger partial charge is 0.482 e. The highest BCUT2D eigenvalue weighted by molar-refractivity contribution is 9.10. The number of nitrogens with two attached hydrogens (primary N) is 1. The summed E-state index contributed by atoms with van der Waals surface area (Å²) in [5.41, 5.74) is 1.88. The van der Waals surface area contributed by atoms with Crippen LogP contribution in [-0.2, 0) is 4.79 Å². The summed E-state index contributed by atoms with van der Waals surface area (Å²) in [4.78, 5) is 10.8. The van der Waals surface area contributed by atoms with Crippen LogP contribution in [-0.4, -0.2) is 12.5 Å². The van der Waals surface area contributed by atoms with Crippen LogP contribution in [0.3, 0.4) is 0 Å². The number of hydrogen-bond acceptors (Lipinski definition) is 3. The average molecular weight is 298 g/mol. The molecule has 4 nitrogen and oxygen atoms in total. The topological polar surface area (TPSA) is 64.3 Å². The number of ether oxygens (including phenoxy) is 1. The fourth-order valence-electron chi connectivity index (χ4n) is 0.800. The standard InChI is InChI=1S/C8H7BrClFN2O2/c9-4-1-5(10)6(11)2-7(4)15-3-8(14)13-12/h1-2H,3,12H2,(H,13,14). The first-order valence-electron chi connectivity index (χ1n) is 3.81. The first-order chi connectivity index (χ1) is 7.04. The normalized spacial score (nSPS) is 9.87. The van der Waals surface area contributed by atoms with Crippen molar-refractivity contribution in [3.05, 3.63) is 27.4 Å². The number of benzene rings is 1. The van der Waals surface area contributed by atoms with Crippen LogP contribution in [0, 0.1) is 5.82 Å². The Kier molecular flexibility index (Phi) is 4.31. The maximum atomic E-state index is 13.0. The molecule has 0 spiro atoms. The lowest BCUT2D eigenvalue weighted by molar-refractivity contribution is -0.123. The van der Waals surface area contributed by atoms with E-state index < -0.39 is 11.7 Å². The van der Waals surface area contributed by atoms with Gasteiger partial charge in [-0.25, -0.2) is 10.2 Å². The van der Waals surface area contributed by atoms with Gasteiger partial charge in [-0.15, -0.1) is 0 Å². The highest BCUT2D eigenvalue weighted by Crippen LogP contribution is 2.30. The number of carbonyl (C=O) groups is 1. The second-order valence-electron chi connectivity index (χ2n) is 2.55. The monoisotopic (exact) mass is 296 g/mol. The van der Waals surface area contributed by atoms with Gasteiger partial charge in [0.25, 0.3) is 5.91 Å². The van der Waals surface area contributed by atoms with E-state index in [9.17, 15) is 9.18 Å². The Morgan fingerprint density at radius 3 is 2.93 bits per heavy atom. The van der Waals surface area contributed by atoms with E-state index in [-0.39, 0.29) is 17.4 Å². The first kappa shape index (κ1) is 12.2. The summed E-state index contributed by atoms with van der Waals surface area (Å²) < 4.78 is 18.5. The van der Waals surface area contributed by atoms with Crippen LogP contribution in [0.25, 0.3) is 0 Å². The van der Waals surface area contributed by atoms with Crippen molar-refractivity contribution in [3.8, 4) is 5.75 Å². The van der Waals surface area contributed by atoms with Crippen molar-refractivity contribution in [3.63, 3.8) is 0 Å². The van der Waals surface area contributed by atoms with Crippen molar-refractivity contribution in [2.45, 2.75) is 0 Å². The Bertz CT molecular complexity index is 389. The van der Waals surface area contributed by atoms with Gasteiger partial charge in [-0.05, 0) is 22.0 Å². The van der Waals surface area contributed by atoms with Crippen LogP contribution in [0.15, 0.2) is 16.6 Å². The Balaban J connectivity index is 2.77. The second-order valence-corrected chi connectivity index (χ2v) is 3.81. The molecule has 0 bridgehead atoms. The molecule has 0 atom stereocenters. The van der Waals surface area contributed by atoms with Gasteiger partial charge in [0.15, 0.2) is 6.61 Å². The molecular formula is C8H7BrClFN2O2. The van der Waals surface area contributed by atoms with E-state index in [1.165, 1.54) is 6.07 Å². The maximum Gasteiger partial charge on any atom is 0.271 e. The maximum absolute atomic E-state index is 13.0. The zero-order chi connectivity index (χ0) is 11.4. The molecular weight excluding hydrogens is 290 g/mol. The summed E-state index contributed by atoms with van der Waals surface area (Å²) in [6, 6.07) is 2.42. The molecule has 0 heterocycles. The minimum absolute atomic E-state index is 0.0301. The van der Waals surface area contributed by atoms with Gasteiger partial charge in [0.1, 0.15) is 11.6 Å². The molecule has 0 radical (unpaired) electrons. The second kappa shape index (κ2) is 5.29. The van der Waals surface area contributed by atoms with Crippen molar-refractivity contribution in [1.82, 2.24) is 5.43 Å². The molecule has 0 saturated heterocycles. The molecule has 0 aliphatic rings. The van der Waals surface area contributed by atoms with Crippen LogP contribution >= 0.6 is 27.5 Å². The lowest BCUT2D eigenvalue weighted by Gasteiger charge is -2.07. The van der Waals surface area contributed by atoms with Gasteiger partial charge in [0.05, 0.1) is 9.50 Å². The van der Waals surface area contributed by atoms with Gasteiger partial charge in [-0.2, -0.15) is 0 Å². The number of rotatable bonds is 3. The Morgan fingerprint density at radius 1 is 1.67 bits per heavy atom. The average Bonchev–Trinajstić information content (AvgIpc) is 2.21. The third kappa shape index (κ3) is 3.33. The number of carbonyl (C=O) groups excluding carboxylic acids is 1. The molecule has 3 N–H and O–H groups in total. The number of halogens is 3. The zero-order valence-corrected chi connectivity index (χ0v) is 9.73. The minimum Gasteiger partial charge on any atom is -0.482 e. The quantitative estimate of drug-likeness (QED) is 0.385. The first-order valence-corrected chi connectivity index (χ1v) is 4.98. The van der Waals surface area contributed by atoms with Gasteiger partial charge < -0.3 is 4.74 Å². The summed E-state index contributed by atoms with van der Waals surface area (Å²) in [5, 5.41) is -0.0301. The fourth-order valence-corrected chi connectivity index (χ4v) is 1.55.